The van der Waals surface area contributed by atoms with Crippen LogP contribution < -0.4 is 0 Å². The number of carbonyl (C=O) groups excluding carboxylic acids is 2. The van der Waals surface area contributed by atoms with Crippen molar-refractivity contribution in [1.82, 2.24) is 0 Å². The molecule has 1 aromatic carbocycles. The summed E-state index contributed by atoms with van der Waals surface area (Å²) in [6.45, 7) is 5.05. The Hall–Kier alpha value is -2.63. The van der Waals surface area contributed by atoms with Crippen LogP contribution in [0.3, 0.4) is 0 Å². The average molecular weight is 292 g/mol. The summed E-state index contributed by atoms with van der Waals surface area (Å²) in [6.07, 6.45) is 1.03. The Morgan fingerprint density at radius 3 is 2.33 bits per heavy atom. The Kier molecular flexibility index (Phi) is 6.13. The van der Waals surface area contributed by atoms with Gasteiger partial charge >= 0.3 is 17.9 Å². The maximum Gasteiger partial charge on any atom is 0.338 e. The van der Waals surface area contributed by atoms with E-state index >= 15 is 0 Å². The Balaban J connectivity index is 2.41. The van der Waals surface area contributed by atoms with Gasteiger partial charge in [-0.2, -0.15) is 0 Å². The molecule has 1 N–H and O–H groups in total. The molecule has 0 aromatic heterocycles. The van der Waals surface area contributed by atoms with Crippen LogP contribution in [0.15, 0.2) is 36.9 Å². The molecule has 1 unspecified atom stereocenters. The largest absolute Gasteiger partial charge is 0.478 e. The molecule has 21 heavy (non-hydrogen) atoms. The van der Waals surface area contributed by atoms with Crippen LogP contribution in [0.1, 0.15) is 34.1 Å². The number of ether oxygens (including phenoxy) is 2. The number of rotatable bonds is 7. The fourth-order valence-corrected chi connectivity index (χ4v) is 1.46. The summed E-state index contributed by atoms with van der Waals surface area (Å²) in [6, 6.07) is 5.42. The van der Waals surface area contributed by atoms with Gasteiger partial charge in [-0.15, -0.1) is 0 Å². The highest BCUT2D eigenvalue weighted by Crippen LogP contribution is 2.07. The third-order valence-electron chi connectivity index (χ3n) is 2.61. The highest BCUT2D eigenvalue weighted by Gasteiger charge is 2.11. The molecule has 0 fully saturated rings. The van der Waals surface area contributed by atoms with Gasteiger partial charge in [0.05, 0.1) is 17.7 Å². The summed E-state index contributed by atoms with van der Waals surface area (Å²) in [5.74, 6) is -2.15. The summed E-state index contributed by atoms with van der Waals surface area (Å²) >= 11 is 0. The monoisotopic (exact) mass is 292 g/mol. The van der Waals surface area contributed by atoms with Crippen LogP contribution in [-0.2, 0) is 14.3 Å². The van der Waals surface area contributed by atoms with Crippen LogP contribution in [0.2, 0.25) is 0 Å². The van der Waals surface area contributed by atoms with Crippen LogP contribution in [0, 0.1) is 0 Å². The lowest BCUT2D eigenvalue weighted by Crippen LogP contribution is -2.17. The van der Waals surface area contributed by atoms with Gasteiger partial charge in [0.15, 0.2) is 0 Å². The van der Waals surface area contributed by atoms with E-state index in [1.165, 1.54) is 24.3 Å². The van der Waals surface area contributed by atoms with Gasteiger partial charge in [-0.1, -0.05) is 6.58 Å². The van der Waals surface area contributed by atoms with E-state index in [4.69, 9.17) is 14.6 Å². The van der Waals surface area contributed by atoms with Gasteiger partial charge in [-0.25, -0.2) is 14.4 Å². The van der Waals surface area contributed by atoms with E-state index in [9.17, 15) is 14.4 Å². The van der Waals surface area contributed by atoms with Crippen LogP contribution in [-0.4, -0.2) is 35.7 Å². The first-order valence-electron chi connectivity index (χ1n) is 6.27. The summed E-state index contributed by atoms with van der Waals surface area (Å²) in [5, 5.41) is 8.74. The summed E-state index contributed by atoms with van der Waals surface area (Å²) < 4.78 is 9.93. The number of benzene rings is 1. The topological polar surface area (TPSA) is 89.9 Å². The Morgan fingerprint density at radius 1 is 1.24 bits per heavy atom. The van der Waals surface area contributed by atoms with Crippen molar-refractivity contribution in [3.8, 4) is 0 Å². The van der Waals surface area contributed by atoms with Crippen LogP contribution >= 0.6 is 0 Å². The molecular formula is C15H16O6. The molecule has 6 heteroatoms. The third-order valence-corrected chi connectivity index (χ3v) is 2.61. The predicted octanol–water partition coefficient (Wildman–Crippen LogP) is 2.05. The second-order valence-corrected chi connectivity index (χ2v) is 4.26. The van der Waals surface area contributed by atoms with Gasteiger partial charge in [0, 0.05) is 12.5 Å². The van der Waals surface area contributed by atoms with Crippen molar-refractivity contribution in [3.05, 3.63) is 48.0 Å². The lowest BCUT2D eigenvalue weighted by atomic mass is 10.1. The Morgan fingerprint density at radius 2 is 1.81 bits per heavy atom. The number of carbonyl (C=O) groups is 3. The maximum atomic E-state index is 11.7. The van der Waals surface area contributed by atoms with Crippen molar-refractivity contribution in [2.45, 2.75) is 19.4 Å². The molecular weight excluding hydrogens is 276 g/mol. The molecule has 1 aromatic rings. The summed E-state index contributed by atoms with van der Waals surface area (Å²) in [4.78, 5) is 33.3. The molecule has 0 saturated carbocycles. The predicted molar refractivity (Wildman–Crippen MR) is 74.1 cm³/mol. The van der Waals surface area contributed by atoms with Crippen molar-refractivity contribution >= 4 is 17.9 Å². The molecule has 0 heterocycles. The van der Waals surface area contributed by atoms with Gasteiger partial charge in [-0.3, -0.25) is 0 Å². The van der Waals surface area contributed by atoms with Crippen molar-refractivity contribution in [2.75, 3.05) is 6.61 Å². The first-order chi connectivity index (χ1) is 9.93. The molecule has 112 valence electrons. The number of esters is 2. The van der Waals surface area contributed by atoms with Crippen molar-refractivity contribution in [2.24, 2.45) is 0 Å². The number of carboxylic acids is 1. The summed E-state index contributed by atoms with van der Waals surface area (Å²) in [5.41, 5.74) is 0.354. The Labute approximate surface area is 122 Å². The molecule has 0 bridgehead atoms. The zero-order valence-electron chi connectivity index (χ0n) is 11.6. The van der Waals surface area contributed by atoms with Gasteiger partial charge in [0.2, 0.25) is 0 Å². The molecule has 0 radical (unpaired) electrons. The molecule has 1 atom stereocenters. The first-order valence-corrected chi connectivity index (χ1v) is 6.27. The molecule has 0 aliphatic heterocycles. The normalized spacial score (nSPS) is 11.3. The quantitative estimate of drug-likeness (QED) is 0.611. The number of hydrogen-bond acceptors (Lipinski definition) is 5. The fraction of sp³-hybridized carbons (Fsp3) is 0.267. The van der Waals surface area contributed by atoms with Crippen LogP contribution in [0.4, 0.5) is 0 Å². The molecule has 1 rings (SSSR count). The Bertz CT molecular complexity index is 532. The van der Waals surface area contributed by atoms with E-state index in [0.29, 0.717) is 6.42 Å². The number of carboxylic acid groups (broad SMARTS) is 1. The lowest BCUT2D eigenvalue weighted by Gasteiger charge is -2.11. The molecule has 6 nitrogen and oxygen atoms in total. The van der Waals surface area contributed by atoms with Gasteiger partial charge in [-0.05, 0) is 31.2 Å². The van der Waals surface area contributed by atoms with E-state index in [2.05, 4.69) is 6.58 Å². The van der Waals surface area contributed by atoms with E-state index in [-0.39, 0.29) is 17.7 Å². The van der Waals surface area contributed by atoms with E-state index in [1.807, 2.05) is 0 Å². The zero-order chi connectivity index (χ0) is 15.8. The molecule has 0 spiro atoms. The minimum atomic E-state index is -1.06. The van der Waals surface area contributed by atoms with Crippen molar-refractivity contribution in [1.29, 1.82) is 0 Å². The maximum absolute atomic E-state index is 11.7. The van der Waals surface area contributed by atoms with Gasteiger partial charge in [0.1, 0.15) is 6.10 Å². The van der Waals surface area contributed by atoms with Gasteiger partial charge < -0.3 is 14.6 Å². The molecule has 0 aliphatic rings. The van der Waals surface area contributed by atoms with Gasteiger partial charge in [0.25, 0.3) is 0 Å². The standard InChI is InChI=1S/C15H16O6/c1-3-13(16)21-10(2)8-9-20-15(19)12-6-4-11(5-7-12)14(17)18/h3-7,10H,1,8-9H2,2H3,(H,17,18). The van der Waals surface area contributed by atoms with E-state index < -0.39 is 24.0 Å². The SMILES string of the molecule is C=CC(=O)OC(C)CCOC(=O)c1ccc(C(=O)O)cc1. The highest BCUT2D eigenvalue weighted by molar-refractivity contribution is 5.92. The fourth-order valence-electron chi connectivity index (χ4n) is 1.46. The minimum Gasteiger partial charge on any atom is -0.478 e. The first kappa shape index (κ1) is 16.4. The smallest absolute Gasteiger partial charge is 0.338 e. The average Bonchev–Trinajstić information content (AvgIpc) is 2.46. The highest BCUT2D eigenvalue weighted by atomic mass is 16.6. The van der Waals surface area contributed by atoms with Crippen LogP contribution in [0.5, 0.6) is 0 Å². The number of hydrogen-bond donors (Lipinski definition) is 1. The molecule has 0 aliphatic carbocycles. The van der Waals surface area contributed by atoms with Crippen molar-refractivity contribution < 1.29 is 29.0 Å². The third kappa shape index (κ3) is 5.48. The second kappa shape index (κ2) is 7.84. The minimum absolute atomic E-state index is 0.0884. The van der Waals surface area contributed by atoms with Crippen molar-refractivity contribution in [3.63, 3.8) is 0 Å². The lowest BCUT2D eigenvalue weighted by molar-refractivity contribution is -0.142. The number of aromatic carboxylic acids is 1. The molecule has 0 saturated heterocycles. The van der Waals surface area contributed by atoms with E-state index in [1.54, 1.807) is 6.92 Å². The second-order valence-electron chi connectivity index (χ2n) is 4.26. The van der Waals surface area contributed by atoms with E-state index in [0.717, 1.165) is 6.08 Å². The zero-order valence-corrected chi connectivity index (χ0v) is 11.6. The van der Waals surface area contributed by atoms with Crippen LogP contribution in [0.25, 0.3) is 0 Å². The summed E-state index contributed by atoms with van der Waals surface area (Å²) in [7, 11) is 0. The molecule has 0 amide bonds.